The number of ether oxygens (including phenoxy) is 2. The third kappa shape index (κ3) is 5.52. The summed E-state index contributed by atoms with van der Waals surface area (Å²) in [5.74, 6) is 1.92. The molecule has 0 saturated carbocycles. The number of methoxy groups -OCH3 is 2. The lowest BCUT2D eigenvalue weighted by Crippen LogP contribution is -2.46. The quantitative estimate of drug-likeness (QED) is 0.406. The first-order valence-electron chi connectivity index (χ1n) is 13.5. The van der Waals surface area contributed by atoms with Gasteiger partial charge < -0.3 is 14.4 Å². The zero-order chi connectivity index (χ0) is 25.7. The first-order valence-corrected chi connectivity index (χ1v) is 13.5. The predicted octanol–water partition coefficient (Wildman–Crippen LogP) is 5.91. The van der Waals surface area contributed by atoms with Crippen LogP contribution in [0.1, 0.15) is 59.2 Å². The van der Waals surface area contributed by atoms with E-state index in [1.165, 1.54) is 23.1 Å². The highest BCUT2D eigenvalue weighted by Gasteiger charge is 2.38. The molecule has 1 amide bonds. The van der Waals surface area contributed by atoms with Gasteiger partial charge in [0.2, 0.25) is 0 Å². The standard InChI is InChI=1S/C32H38N2O3/c1-36-29-15-11-27(12-16-29)32(28-13-17-30(37-2)18-14-28)19-6-20-33(24-32)23-25-7-9-26(10-8-25)31(35)34-21-4-3-5-22-34/h7-18H,3-6,19-24H2,1-2H3. The molecule has 2 aliphatic rings. The van der Waals surface area contributed by atoms with E-state index in [1.54, 1.807) is 14.2 Å². The molecule has 0 radical (unpaired) electrons. The molecule has 2 aliphatic heterocycles. The number of benzene rings is 3. The van der Waals surface area contributed by atoms with Crippen molar-refractivity contribution in [1.29, 1.82) is 0 Å². The number of hydrogen-bond donors (Lipinski definition) is 0. The highest BCUT2D eigenvalue weighted by molar-refractivity contribution is 5.94. The monoisotopic (exact) mass is 498 g/mol. The molecule has 0 aromatic heterocycles. The van der Waals surface area contributed by atoms with Gasteiger partial charge in [0.15, 0.2) is 0 Å². The third-order valence-corrected chi connectivity index (χ3v) is 8.11. The van der Waals surface area contributed by atoms with Crippen LogP contribution in [-0.4, -0.2) is 56.1 Å². The number of likely N-dealkylation sites (tertiary alicyclic amines) is 2. The second-order valence-corrected chi connectivity index (χ2v) is 10.4. The molecule has 2 fully saturated rings. The van der Waals surface area contributed by atoms with Gasteiger partial charge >= 0.3 is 0 Å². The molecule has 194 valence electrons. The normalized spacial score (nSPS) is 17.8. The van der Waals surface area contributed by atoms with E-state index in [4.69, 9.17) is 9.47 Å². The summed E-state index contributed by atoms with van der Waals surface area (Å²) in [7, 11) is 3.42. The van der Waals surface area contributed by atoms with E-state index in [9.17, 15) is 4.79 Å². The fraction of sp³-hybridized carbons (Fsp3) is 0.406. The molecule has 0 aliphatic carbocycles. The van der Waals surface area contributed by atoms with E-state index in [1.807, 2.05) is 17.0 Å². The minimum atomic E-state index is -0.110. The van der Waals surface area contributed by atoms with E-state index >= 15 is 0 Å². The van der Waals surface area contributed by atoms with Crippen LogP contribution in [-0.2, 0) is 12.0 Å². The molecule has 3 aromatic rings. The van der Waals surface area contributed by atoms with Gasteiger partial charge in [0, 0.05) is 37.2 Å². The van der Waals surface area contributed by atoms with Crippen LogP contribution in [0.25, 0.3) is 0 Å². The number of piperidine rings is 2. The van der Waals surface area contributed by atoms with Gasteiger partial charge in [-0.25, -0.2) is 0 Å². The molecule has 0 N–H and O–H groups in total. The van der Waals surface area contributed by atoms with Gasteiger partial charge in [0.1, 0.15) is 11.5 Å². The molecule has 0 atom stereocenters. The topological polar surface area (TPSA) is 42.0 Å². The minimum absolute atomic E-state index is 0.110. The summed E-state index contributed by atoms with van der Waals surface area (Å²) < 4.78 is 10.9. The zero-order valence-electron chi connectivity index (χ0n) is 22.1. The molecule has 2 heterocycles. The number of nitrogens with zero attached hydrogens (tertiary/aromatic N) is 2. The molecule has 5 heteroatoms. The molecular formula is C32H38N2O3. The molecular weight excluding hydrogens is 460 g/mol. The van der Waals surface area contributed by atoms with Crippen LogP contribution in [0.5, 0.6) is 11.5 Å². The molecule has 0 unspecified atom stereocenters. The number of rotatable bonds is 7. The summed E-state index contributed by atoms with van der Waals surface area (Å²) >= 11 is 0. The molecule has 5 rings (SSSR count). The van der Waals surface area contributed by atoms with Crippen LogP contribution in [0.4, 0.5) is 0 Å². The van der Waals surface area contributed by atoms with Crippen molar-refractivity contribution < 1.29 is 14.3 Å². The van der Waals surface area contributed by atoms with Crippen LogP contribution in [0, 0.1) is 0 Å². The largest absolute Gasteiger partial charge is 0.497 e. The summed E-state index contributed by atoms with van der Waals surface area (Å²) in [5.41, 5.74) is 4.56. The highest BCUT2D eigenvalue weighted by atomic mass is 16.5. The summed E-state index contributed by atoms with van der Waals surface area (Å²) in [5, 5.41) is 0. The van der Waals surface area contributed by atoms with Gasteiger partial charge in [-0.3, -0.25) is 9.69 Å². The Labute approximate surface area is 221 Å². The first-order chi connectivity index (χ1) is 18.1. The summed E-state index contributed by atoms with van der Waals surface area (Å²) in [4.78, 5) is 17.4. The van der Waals surface area contributed by atoms with E-state index < -0.39 is 0 Å². The van der Waals surface area contributed by atoms with E-state index in [2.05, 4.69) is 65.6 Å². The van der Waals surface area contributed by atoms with Crippen LogP contribution in [0.3, 0.4) is 0 Å². The number of hydrogen-bond acceptors (Lipinski definition) is 4. The zero-order valence-corrected chi connectivity index (χ0v) is 22.1. The summed E-state index contributed by atoms with van der Waals surface area (Å²) in [6, 6.07) is 25.4. The van der Waals surface area contributed by atoms with Crippen molar-refractivity contribution in [2.75, 3.05) is 40.4 Å². The second-order valence-electron chi connectivity index (χ2n) is 10.4. The maximum absolute atomic E-state index is 12.9. The summed E-state index contributed by atoms with van der Waals surface area (Å²) in [6.07, 6.45) is 5.66. The SMILES string of the molecule is COc1ccc(C2(c3ccc(OC)cc3)CCCN(Cc3ccc(C(=O)N4CCCCC4)cc3)C2)cc1. The maximum Gasteiger partial charge on any atom is 0.253 e. The Morgan fingerprint density at radius 1 is 0.730 bits per heavy atom. The summed E-state index contributed by atoms with van der Waals surface area (Å²) in [6.45, 7) is 4.62. The fourth-order valence-corrected chi connectivity index (χ4v) is 6.03. The number of amides is 1. The van der Waals surface area contributed by atoms with E-state index in [0.29, 0.717) is 0 Å². The predicted molar refractivity (Wildman–Crippen MR) is 147 cm³/mol. The van der Waals surface area contributed by atoms with Crippen molar-refractivity contribution in [2.24, 2.45) is 0 Å². The van der Waals surface area contributed by atoms with E-state index in [0.717, 1.165) is 75.5 Å². The second kappa shape index (κ2) is 11.4. The van der Waals surface area contributed by atoms with E-state index in [-0.39, 0.29) is 11.3 Å². The Kier molecular flexibility index (Phi) is 7.80. The molecule has 37 heavy (non-hydrogen) atoms. The molecule has 3 aromatic carbocycles. The van der Waals surface area contributed by atoms with Gasteiger partial charge in [-0.15, -0.1) is 0 Å². The number of carbonyl (C=O) groups is 1. The Hall–Kier alpha value is -3.31. The van der Waals surface area contributed by atoms with Gasteiger partial charge in [-0.2, -0.15) is 0 Å². The molecule has 0 bridgehead atoms. The average Bonchev–Trinajstić information content (AvgIpc) is 2.98. The molecule has 2 saturated heterocycles. The van der Waals surface area contributed by atoms with Crippen molar-refractivity contribution in [3.8, 4) is 11.5 Å². The Morgan fingerprint density at radius 3 is 1.84 bits per heavy atom. The average molecular weight is 499 g/mol. The van der Waals surface area contributed by atoms with Gasteiger partial charge in [-0.1, -0.05) is 36.4 Å². The lowest BCUT2D eigenvalue weighted by atomic mass is 9.69. The number of carbonyl (C=O) groups excluding carboxylic acids is 1. The molecule has 5 nitrogen and oxygen atoms in total. The highest BCUT2D eigenvalue weighted by Crippen LogP contribution is 2.41. The van der Waals surface area contributed by atoms with Gasteiger partial charge in [-0.05, 0) is 91.7 Å². The maximum atomic E-state index is 12.9. The van der Waals surface area contributed by atoms with Crippen LogP contribution >= 0.6 is 0 Å². The van der Waals surface area contributed by atoms with Crippen LogP contribution < -0.4 is 9.47 Å². The lowest BCUT2D eigenvalue weighted by Gasteiger charge is -2.44. The van der Waals surface area contributed by atoms with Crippen LogP contribution in [0.2, 0.25) is 0 Å². The first kappa shape index (κ1) is 25.3. The lowest BCUT2D eigenvalue weighted by molar-refractivity contribution is 0.0724. The van der Waals surface area contributed by atoms with Gasteiger partial charge in [0.25, 0.3) is 5.91 Å². The Bertz CT molecular complexity index is 1120. The minimum Gasteiger partial charge on any atom is -0.497 e. The van der Waals surface area contributed by atoms with Crippen molar-refractivity contribution in [3.05, 3.63) is 95.1 Å². The Morgan fingerprint density at radius 2 is 1.30 bits per heavy atom. The fourth-order valence-electron chi connectivity index (χ4n) is 6.03. The Balaban J connectivity index is 1.36. The third-order valence-electron chi connectivity index (χ3n) is 8.11. The smallest absolute Gasteiger partial charge is 0.253 e. The van der Waals surface area contributed by atoms with Crippen molar-refractivity contribution in [1.82, 2.24) is 9.80 Å². The van der Waals surface area contributed by atoms with Crippen molar-refractivity contribution >= 4 is 5.91 Å². The van der Waals surface area contributed by atoms with Crippen molar-refractivity contribution in [2.45, 2.75) is 44.1 Å². The van der Waals surface area contributed by atoms with Crippen molar-refractivity contribution in [3.63, 3.8) is 0 Å². The van der Waals surface area contributed by atoms with Crippen LogP contribution in [0.15, 0.2) is 72.8 Å². The van der Waals surface area contributed by atoms with Gasteiger partial charge in [0.05, 0.1) is 14.2 Å². The molecule has 0 spiro atoms.